The van der Waals surface area contributed by atoms with Gasteiger partial charge in [-0.05, 0) is 80.9 Å². The zero-order valence-electron chi connectivity index (χ0n) is 22.8. The summed E-state index contributed by atoms with van der Waals surface area (Å²) in [5.41, 5.74) is 2.05. The second-order valence-electron chi connectivity index (χ2n) is 10.7. The summed E-state index contributed by atoms with van der Waals surface area (Å²) >= 11 is 0. The van der Waals surface area contributed by atoms with Gasteiger partial charge in [0.2, 0.25) is 0 Å². The number of urea groups is 1. The highest BCUT2D eigenvalue weighted by Gasteiger charge is 2.26. The number of anilines is 2. The molecule has 1 aliphatic heterocycles. The largest absolute Gasteiger partial charge is 0.367 e. The van der Waals surface area contributed by atoms with E-state index >= 15 is 0 Å². The molecule has 40 heavy (non-hydrogen) atoms. The Morgan fingerprint density at radius 1 is 0.800 bits per heavy atom. The van der Waals surface area contributed by atoms with E-state index in [0.29, 0.717) is 43.1 Å². The van der Waals surface area contributed by atoms with Crippen LogP contribution in [0.1, 0.15) is 47.1 Å². The summed E-state index contributed by atoms with van der Waals surface area (Å²) in [6.07, 6.45) is 0. The number of nitrogens with one attached hydrogen (secondary N) is 3. The third-order valence-corrected chi connectivity index (χ3v) is 6.36. The van der Waals surface area contributed by atoms with E-state index < -0.39 is 11.7 Å². The molecular weight excluding hydrogens is 516 g/mol. The molecule has 210 valence electrons. The van der Waals surface area contributed by atoms with Crippen LogP contribution in [0.15, 0.2) is 66.7 Å². The van der Waals surface area contributed by atoms with Gasteiger partial charge >= 0.3 is 6.03 Å². The second kappa shape index (κ2) is 12.1. The summed E-state index contributed by atoms with van der Waals surface area (Å²) in [5.74, 6) is -1.62. The molecule has 8 nitrogen and oxygen atoms in total. The van der Waals surface area contributed by atoms with E-state index in [1.165, 1.54) is 36.4 Å². The maximum absolute atomic E-state index is 13.4. The van der Waals surface area contributed by atoms with Crippen molar-refractivity contribution >= 4 is 29.2 Å². The van der Waals surface area contributed by atoms with Gasteiger partial charge in [-0.15, -0.1) is 0 Å². The topological polar surface area (TPSA) is 93.8 Å². The summed E-state index contributed by atoms with van der Waals surface area (Å²) in [5, 5.41) is 8.60. The van der Waals surface area contributed by atoms with E-state index in [9.17, 15) is 23.2 Å². The van der Waals surface area contributed by atoms with Crippen LogP contribution in [0.5, 0.6) is 0 Å². The van der Waals surface area contributed by atoms with Crippen molar-refractivity contribution in [1.29, 1.82) is 0 Å². The third kappa shape index (κ3) is 7.56. The predicted molar refractivity (Wildman–Crippen MR) is 150 cm³/mol. The lowest BCUT2D eigenvalue weighted by Crippen LogP contribution is -2.55. The third-order valence-electron chi connectivity index (χ3n) is 6.36. The first-order valence-corrected chi connectivity index (χ1v) is 13.0. The highest BCUT2D eigenvalue weighted by Crippen LogP contribution is 2.26. The van der Waals surface area contributed by atoms with Gasteiger partial charge in [-0.2, -0.15) is 0 Å². The van der Waals surface area contributed by atoms with Crippen LogP contribution in [-0.2, 0) is 6.54 Å². The molecule has 1 saturated heterocycles. The number of carbonyl (C=O) groups excluding carboxylic acids is 3. The van der Waals surface area contributed by atoms with Crippen molar-refractivity contribution in [3.8, 4) is 0 Å². The number of piperazine rings is 1. The molecule has 10 heteroatoms. The zero-order valence-corrected chi connectivity index (χ0v) is 22.8. The van der Waals surface area contributed by atoms with Gasteiger partial charge in [-0.3, -0.25) is 9.59 Å². The predicted octanol–water partition coefficient (Wildman–Crippen LogP) is 4.78. The fourth-order valence-electron chi connectivity index (χ4n) is 4.31. The number of carbonyl (C=O) groups is 3. The second-order valence-corrected chi connectivity index (χ2v) is 10.7. The molecule has 1 fully saturated rings. The van der Waals surface area contributed by atoms with Crippen molar-refractivity contribution < 1.29 is 23.2 Å². The molecule has 0 saturated carbocycles. The van der Waals surface area contributed by atoms with E-state index in [1.807, 2.05) is 25.7 Å². The maximum atomic E-state index is 13.4. The number of halogens is 2. The minimum Gasteiger partial charge on any atom is -0.367 e. The monoisotopic (exact) mass is 549 g/mol. The van der Waals surface area contributed by atoms with Crippen LogP contribution in [-0.4, -0.2) is 54.5 Å². The van der Waals surface area contributed by atoms with Gasteiger partial charge in [0.15, 0.2) is 0 Å². The Hall–Kier alpha value is -4.47. The number of rotatable bonds is 6. The summed E-state index contributed by atoms with van der Waals surface area (Å²) in [6.45, 7) is 7.93. The number of nitrogens with zero attached hydrogens (tertiary/aromatic N) is 2. The van der Waals surface area contributed by atoms with Crippen molar-refractivity contribution in [2.24, 2.45) is 0 Å². The van der Waals surface area contributed by atoms with Gasteiger partial charge in [-0.25, -0.2) is 13.6 Å². The van der Waals surface area contributed by atoms with Crippen LogP contribution in [0.4, 0.5) is 25.0 Å². The molecule has 0 atom stereocenters. The van der Waals surface area contributed by atoms with Gasteiger partial charge < -0.3 is 25.8 Å². The highest BCUT2D eigenvalue weighted by molar-refractivity contribution is 6.06. The fraction of sp³-hybridized carbons (Fsp3) is 0.300. The lowest BCUT2D eigenvalue weighted by Gasteiger charge is -2.38. The maximum Gasteiger partial charge on any atom is 0.317 e. The van der Waals surface area contributed by atoms with E-state index in [4.69, 9.17) is 0 Å². The lowest BCUT2D eigenvalue weighted by molar-refractivity contribution is 0.0949. The minimum absolute atomic E-state index is 0.136. The molecule has 1 aliphatic rings. The highest BCUT2D eigenvalue weighted by atomic mass is 19.1. The van der Waals surface area contributed by atoms with Crippen LogP contribution in [0.2, 0.25) is 0 Å². The number of amides is 4. The smallest absolute Gasteiger partial charge is 0.317 e. The average Bonchev–Trinajstić information content (AvgIpc) is 2.92. The van der Waals surface area contributed by atoms with Crippen molar-refractivity contribution in [2.45, 2.75) is 32.9 Å². The van der Waals surface area contributed by atoms with Crippen molar-refractivity contribution in [1.82, 2.24) is 15.5 Å². The molecule has 3 aromatic rings. The summed E-state index contributed by atoms with van der Waals surface area (Å²) in [6, 6.07) is 15.9. The molecule has 0 bridgehead atoms. The zero-order chi connectivity index (χ0) is 28.9. The van der Waals surface area contributed by atoms with Gasteiger partial charge in [0.1, 0.15) is 11.6 Å². The quantitative estimate of drug-likeness (QED) is 0.413. The molecule has 0 aliphatic carbocycles. The standard InChI is InChI=1S/C30H33F2N5O3/c1-30(2,3)35-29(40)37-16-14-36(15-17-37)26-13-12-24(34-27(38)21-6-10-23(32)11-7-21)18-25(26)28(39)33-19-20-4-8-22(31)9-5-20/h4-13,18H,14-17,19H2,1-3H3,(H,33,39)(H,34,38)(H,35,40). The molecular formula is C30H33F2N5O3. The van der Waals surface area contributed by atoms with Crippen LogP contribution < -0.4 is 20.9 Å². The number of hydrogen-bond acceptors (Lipinski definition) is 4. The molecule has 0 spiro atoms. The Balaban J connectivity index is 1.53. The Bertz CT molecular complexity index is 1360. The van der Waals surface area contributed by atoms with E-state index in [0.717, 1.165) is 5.56 Å². The Morgan fingerprint density at radius 3 is 2.00 bits per heavy atom. The Morgan fingerprint density at radius 2 is 1.40 bits per heavy atom. The molecule has 3 N–H and O–H groups in total. The SMILES string of the molecule is CC(C)(C)NC(=O)N1CCN(c2ccc(NC(=O)c3ccc(F)cc3)cc2C(=O)NCc2ccc(F)cc2)CC1. The molecule has 0 aromatic heterocycles. The van der Waals surface area contributed by atoms with Gasteiger partial charge in [-0.1, -0.05) is 12.1 Å². The summed E-state index contributed by atoms with van der Waals surface area (Å²) < 4.78 is 26.6. The fourth-order valence-corrected chi connectivity index (χ4v) is 4.31. The van der Waals surface area contributed by atoms with Crippen molar-refractivity contribution in [3.63, 3.8) is 0 Å². The Labute approximate surface area is 232 Å². The van der Waals surface area contributed by atoms with Crippen molar-refractivity contribution in [3.05, 3.63) is 95.1 Å². The lowest BCUT2D eigenvalue weighted by atomic mass is 10.1. The van der Waals surface area contributed by atoms with Crippen LogP contribution >= 0.6 is 0 Å². The first kappa shape index (κ1) is 28.5. The molecule has 0 unspecified atom stereocenters. The first-order chi connectivity index (χ1) is 19.0. The molecule has 0 radical (unpaired) electrons. The average molecular weight is 550 g/mol. The van der Waals surface area contributed by atoms with Crippen molar-refractivity contribution in [2.75, 3.05) is 36.4 Å². The molecule has 4 amide bonds. The summed E-state index contributed by atoms with van der Waals surface area (Å²) in [7, 11) is 0. The van der Waals surface area contributed by atoms with E-state index in [1.54, 1.807) is 35.2 Å². The molecule has 1 heterocycles. The van der Waals surface area contributed by atoms with E-state index in [-0.39, 0.29) is 35.4 Å². The van der Waals surface area contributed by atoms with Crippen LogP contribution in [0.25, 0.3) is 0 Å². The van der Waals surface area contributed by atoms with Gasteiger partial charge in [0.05, 0.1) is 5.56 Å². The molecule has 4 rings (SSSR count). The van der Waals surface area contributed by atoms with Crippen LogP contribution in [0.3, 0.4) is 0 Å². The minimum atomic E-state index is -0.447. The Kier molecular flexibility index (Phi) is 8.67. The normalized spacial score (nSPS) is 13.5. The van der Waals surface area contributed by atoms with Crippen LogP contribution in [0, 0.1) is 11.6 Å². The molecule has 3 aromatic carbocycles. The van der Waals surface area contributed by atoms with Gasteiger partial charge in [0, 0.05) is 55.2 Å². The first-order valence-electron chi connectivity index (χ1n) is 13.0. The summed E-state index contributed by atoms with van der Waals surface area (Å²) in [4.78, 5) is 42.5. The van der Waals surface area contributed by atoms with E-state index in [2.05, 4.69) is 16.0 Å². The number of benzene rings is 3. The number of hydrogen-bond donors (Lipinski definition) is 3. The van der Waals surface area contributed by atoms with Gasteiger partial charge in [0.25, 0.3) is 11.8 Å².